The predicted molar refractivity (Wildman–Crippen MR) is 78.6 cm³/mol. The number of primary amides is 1. The summed E-state index contributed by atoms with van der Waals surface area (Å²) in [5.41, 5.74) is 8.08. The third-order valence-corrected chi connectivity index (χ3v) is 2.91. The first-order chi connectivity index (χ1) is 9.13. The molecule has 19 heavy (non-hydrogen) atoms. The van der Waals surface area contributed by atoms with Gasteiger partial charge in [0, 0.05) is 5.56 Å². The van der Waals surface area contributed by atoms with E-state index in [4.69, 9.17) is 10.5 Å². The van der Waals surface area contributed by atoms with Crippen molar-refractivity contribution >= 4 is 5.91 Å². The molecule has 0 bridgehead atoms. The molecule has 0 fully saturated rings. The molecule has 0 saturated heterocycles. The van der Waals surface area contributed by atoms with Gasteiger partial charge in [-0.1, -0.05) is 39.3 Å². The molecule has 0 aliphatic rings. The third-order valence-electron chi connectivity index (χ3n) is 2.91. The number of rotatable bonds is 8. The van der Waals surface area contributed by atoms with Crippen LogP contribution in [0.2, 0.25) is 0 Å². The standard InChI is InChI=1S/C16H23NO2/c1-4-7-12-10-14(16(17)18)11-13(8-5-2)15(12)19-9-6-3/h6,10-11H,3-5,7-9H2,1-2H3,(H2,17,18). The third kappa shape index (κ3) is 4.12. The van der Waals surface area contributed by atoms with Gasteiger partial charge in [-0.3, -0.25) is 4.79 Å². The van der Waals surface area contributed by atoms with Gasteiger partial charge >= 0.3 is 0 Å². The van der Waals surface area contributed by atoms with E-state index in [1.807, 2.05) is 12.1 Å². The highest BCUT2D eigenvalue weighted by Crippen LogP contribution is 2.28. The predicted octanol–water partition coefficient (Wildman–Crippen LogP) is 3.26. The second-order valence-electron chi connectivity index (χ2n) is 4.59. The fourth-order valence-electron chi connectivity index (χ4n) is 2.13. The van der Waals surface area contributed by atoms with Crippen LogP contribution in [0.5, 0.6) is 5.75 Å². The molecule has 1 aromatic carbocycles. The fourth-order valence-corrected chi connectivity index (χ4v) is 2.13. The molecule has 2 N–H and O–H groups in total. The highest BCUT2D eigenvalue weighted by atomic mass is 16.5. The number of ether oxygens (including phenoxy) is 1. The van der Waals surface area contributed by atoms with Crippen molar-refractivity contribution in [1.29, 1.82) is 0 Å². The van der Waals surface area contributed by atoms with Gasteiger partial charge in [0.2, 0.25) is 5.91 Å². The monoisotopic (exact) mass is 261 g/mol. The summed E-state index contributed by atoms with van der Waals surface area (Å²) in [6.45, 7) is 8.36. The molecule has 0 aromatic heterocycles. The van der Waals surface area contributed by atoms with Crippen LogP contribution < -0.4 is 10.5 Å². The Bertz CT molecular complexity index is 425. The second-order valence-corrected chi connectivity index (χ2v) is 4.59. The van der Waals surface area contributed by atoms with Crippen molar-refractivity contribution in [2.24, 2.45) is 5.73 Å². The van der Waals surface area contributed by atoms with Crippen molar-refractivity contribution in [3.63, 3.8) is 0 Å². The van der Waals surface area contributed by atoms with Crippen molar-refractivity contribution in [3.8, 4) is 5.75 Å². The first kappa shape index (κ1) is 15.3. The van der Waals surface area contributed by atoms with Crippen LogP contribution >= 0.6 is 0 Å². The van der Waals surface area contributed by atoms with Gasteiger partial charge in [-0.2, -0.15) is 0 Å². The molecule has 0 atom stereocenters. The summed E-state index contributed by atoms with van der Waals surface area (Å²) >= 11 is 0. The highest BCUT2D eigenvalue weighted by Gasteiger charge is 2.13. The Morgan fingerprint density at radius 2 is 1.79 bits per heavy atom. The Kier molecular flexibility index (Phi) is 6.13. The molecular weight excluding hydrogens is 238 g/mol. The van der Waals surface area contributed by atoms with Gasteiger partial charge in [-0.15, -0.1) is 0 Å². The SMILES string of the molecule is C=CCOc1c(CCC)cc(C(N)=O)cc1CCC. The van der Waals surface area contributed by atoms with Crippen molar-refractivity contribution in [1.82, 2.24) is 0 Å². The zero-order valence-electron chi connectivity index (χ0n) is 11.9. The molecule has 0 aliphatic carbocycles. The molecule has 1 rings (SSSR count). The maximum Gasteiger partial charge on any atom is 0.248 e. The molecule has 1 aromatic rings. The van der Waals surface area contributed by atoms with Crippen LogP contribution in [0.1, 0.15) is 48.2 Å². The largest absolute Gasteiger partial charge is 0.489 e. The van der Waals surface area contributed by atoms with Gasteiger partial charge in [0.15, 0.2) is 0 Å². The van der Waals surface area contributed by atoms with Gasteiger partial charge in [-0.25, -0.2) is 0 Å². The van der Waals surface area contributed by atoms with Crippen LogP contribution in [-0.2, 0) is 12.8 Å². The zero-order valence-corrected chi connectivity index (χ0v) is 11.9. The Hall–Kier alpha value is -1.77. The number of nitrogens with two attached hydrogens (primary N) is 1. The van der Waals surface area contributed by atoms with Crippen LogP contribution in [0.3, 0.4) is 0 Å². The average Bonchev–Trinajstić information content (AvgIpc) is 2.38. The fraction of sp³-hybridized carbons (Fsp3) is 0.438. The van der Waals surface area contributed by atoms with E-state index in [2.05, 4.69) is 20.4 Å². The van der Waals surface area contributed by atoms with E-state index in [1.54, 1.807) is 6.08 Å². The summed E-state index contributed by atoms with van der Waals surface area (Å²) in [7, 11) is 0. The van der Waals surface area contributed by atoms with Crippen LogP contribution in [-0.4, -0.2) is 12.5 Å². The molecule has 104 valence electrons. The van der Waals surface area contributed by atoms with Crippen LogP contribution in [0, 0.1) is 0 Å². The minimum Gasteiger partial charge on any atom is -0.489 e. The first-order valence-corrected chi connectivity index (χ1v) is 6.83. The average molecular weight is 261 g/mol. The summed E-state index contributed by atoms with van der Waals surface area (Å²) in [6, 6.07) is 3.70. The maximum atomic E-state index is 11.4. The topological polar surface area (TPSA) is 52.3 Å². The van der Waals surface area contributed by atoms with Crippen LogP contribution in [0.25, 0.3) is 0 Å². The summed E-state index contributed by atoms with van der Waals surface area (Å²) in [4.78, 5) is 11.4. The van der Waals surface area contributed by atoms with Crippen molar-refractivity contribution in [3.05, 3.63) is 41.5 Å². The van der Waals surface area contributed by atoms with E-state index < -0.39 is 0 Å². The Morgan fingerprint density at radius 1 is 1.26 bits per heavy atom. The molecule has 0 heterocycles. The minimum atomic E-state index is -0.384. The molecule has 0 radical (unpaired) electrons. The number of hydrogen-bond acceptors (Lipinski definition) is 2. The number of aryl methyl sites for hydroxylation is 2. The van der Waals surface area contributed by atoms with Crippen LogP contribution in [0.15, 0.2) is 24.8 Å². The molecule has 3 nitrogen and oxygen atoms in total. The Balaban J connectivity index is 3.27. The summed E-state index contributed by atoms with van der Waals surface area (Å²) in [5, 5.41) is 0. The minimum absolute atomic E-state index is 0.384. The van der Waals surface area contributed by atoms with E-state index in [1.165, 1.54) is 0 Å². The Morgan fingerprint density at radius 3 is 2.16 bits per heavy atom. The maximum absolute atomic E-state index is 11.4. The molecule has 0 spiro atoms. The van der Waals surface area contributed by atoms with Crippen LogP contribution in [0.4, 0.5) is 0 Å². The van der Waals surface area contributed by atoms with E-state index in [9.17, 15) is 4.79 Å². The molecule has 3 heteroatoms. The lowest BCUT2D eigenvalue weighted by Crippen LogP contribution is -2.13. The van der Waals surface area contributed by atoms with E-state index in [-0.39, 0.29) is 5.91 Å². The number of benzene rings is 1. The van der Waals surface area contributed by atoms with Gasteiger partial charge in [-0.05, 0) is 36.1 Å². The highest BCUT2D eigenvalue weighted by molar-refractivity contribution is 5.93. The zero-order chi connectivity index (χ0) is 14.3. The molecule has 0 saturated carbocycles. The quantitative estimate of drug-likeness (QED) is 0.730. The normalized spacial score (nSPS) is 10.2. The summed E-state index contributed by atoms with van der Waals surface area (Å²) in [6.07, 6.45) is 5.48. The smallest absolute Gasteiger partial charge is 0.248 e. The summed E-state index contributed by atoms with van der Waals surface area (Å²) in [5.74, 6) is 0.513. The number of hydrogen-bond donors (Lipinski definition) is 1. The van der Waals surface area contributed by atoms with E-state index >= 15 is 0 Å². The van der Waals surface area contributed by atoms with Gasteiger partial charge < -0.3 is 10.5 Å². The van der Waals surface area contributed by atoms with E-state index in [0.29, 0.717) is 12.2 Å². The number of carbonyl (C=O) groups is 1. The summed E-state index contributed by atoms with van der Waals surface area (Å²) < 4.78 is 5.79. The van der Waals surface area contributed by atoms with Crippen molar-refractivity contribution in [2.45, 2.75) is 39.5 Å². The van der Waals surface area contributed by atoms with E-state index in [0.717, 1.165) is 42.6 Å². The lowest BCUT2D eigenvalue weighted by Gasteiger charge is -2.16. The van der Waals surface area contributed by atoms with Gasteiger partial charge in [0.1, 0.15) is 12.4 Å². The lowest BCUT2D eigenvalue weighted by atomic mass is 9.98. The molecule has 0 aliphatic heterocycles. The second kappa shape index (κ2) is 7.62. The van der Waals surface area contributed by atoms with Crippen molar-refractivity contribution in [2.75, 3.05) is 6.61 Å². The van der Waals surface area contributed by atoms with Gasteiger partial charge in [0.05, 0.1) is 0 Å². The first-order valence-electron chi connectivity index (χ1n) is 6.83. The lowest BCUT2D eigenvalue weighted by molar-refractivity contribution is 0.1000. The number of amides is 1. The molecular formula is C16H23NO2. The molecule has 0 unspecified atom stereocenters. The Labute approximate surface area is 115 Å². The molecule has 1 amide bonds. The van der Waals surface area contributed by atoms with Crippen molar-refractivity contribution < 1.29 is 9.53 Å². The number of carbonyl (C=O) groups excluding carboxylic acids is 1. The van der Waals surface area contributed by atoms with Gasteiger partial charge in [0.25, 0.3) is 0 Å².